The van der Waals surface area contributed by atoms with Crippen LogP contribution in [0.4, 0.5) is 0 Å². The van der Waals surface area contributed by atoms with Gasteiger partial charge in [0.05, 0.1) is 56.1 Å². The van der Waals surface area contributed by atoms with E-state index in [1.807, 2.05) is 62.2 Å². The Labute approximate surface area is 441 Å². The van der Waals surface area contributed by atoms with Crippen molar-refractivity contribution in [2.45, 2.75) is 148 Å². The van der Waals surface area contributed by atoms with Crippen molar-refractivity contribution in [2.75, 3.05) is 26.3 Å². The number of carbonyl (C=O) groups is 5. The number of benzene rings is 2. The SMILES string of the molecule is CCOC(=O)C1CC2CCCC(C1)N2C(=O)c1cc2n(n1)CCN(C(=O)CCc1cc(Cl)cc(Cl)c1)C2.CCOC(=O)C1CC2CCCC(C1)N2C(=O)c1cc2n(n1)CCNC2.NCc1cc(Cl)cc(Cl)c1. The van der Waals surface area contributed by atoms with Gasteiger partial charge in [-0.1, -0.05) is 46.4 Å². The van der Waals surface area contributed by atoms with Gasteiger partial charge in [-0.3, -0.25) is 33.3 Å². The summed E-state index contributed by atoms with van der Waals surface area (Å²) in [6.07, 6.45) is 9.55. The monoisotopic (exact) mass is 1070 g/mol. The van der Waals surface area contributed by atoms with Gasteiger partial charge >= 0.3 is 11.9 Å². The predicted molar refractivity (Wildman–Crippen MR) is 275 cm³/mol. The van der Waals surface area contributed by atoms with Gasteiger partial charge in [0.1, 0.15) is 0 Å². The lowest BCUT2D eigenvalue weighted by molar-refractivity contribution is -0.152. The highest BCUT2D eigenvalue weighted by molar-refractivity contribution is 6.35. The van der Waals surface area contributed by atoms with Crippen LogP contribution < -0.4 is 11.1 Å². The molecule has 3 N–H and O–H groups in total. The van der Waals surface area contributed by atoms with Crippen LogP contribution in [0.25, 0.3) is 0 Å². The number of ether oxygens (including phenoxy) is 2. The molecular formula is C52H65Cl4N9O7. The number of halogens is 4. The first-order valence-electron chi connectivity index (χ1n) is 25.4. The number of piperidine rings is 4. The summed E-state index contributed by atoms with van der Waals surface area (Å²) in [5.41, 5.74) is 10.2. The smallest absolute Gasteiger partial charge is 0.309 e. The lowest BCUT2D eigenvalue weighted by Crippen LogP contribution is -2.55. The molecule has 0 radical (unpaired) electrons. The second-order valence-corrected chi connectivity index (χ2v) is 21.2. The molecule has 0 aliphatic carbocycles. The molecule has 8 heterocycles. The third-order valence-corrected chi connectivity index (χ3v) is 15.5. The summed E-state index contributed by atoms with van der Waals surface area (Å²) < 4.78 is 14.3. The van der Waals surface area contributed by atoms with Crippen LogP contribution in [0.3, 0.4) is 0 Å². The number of hydrogen-bond acceptors (Lipinski definition) is 11. The summed E-state index contributed by atoms with van der Waals surface area (Å²) in [4.78, 5) is 70.0. The molecule has 4 bridgehead atoms. The van der Waals surface area contributed by atoms with Gasteiger partial charge in [0.15, 0.2) is 11.4 Å². The molecule has 4 unspecified atom stereocenters. The Morgan fingerprint density at radius 3 is 1.54 bits per heavy atom. The van der Waals surface area contributed by atoms with Crippen molar-refractivity contribution in [2.24, 2.45) is 17.6 Å². The molecule has 0 spiro atoms. The minimum atomic E-state index is -0.146. The zero-order chi connectivity index (χ0) is 51.1. The Hall–Kier alpha value is -4.71. The number of amides is 3. The minimum absolute atomic E-state index is 0.0268. The molecule has 16 nitrogen and oxygen atoms in total. The maximum Gasteiger partial charge on any atom is 0.309 e. The molecule has 10 rings (SSSR count). The molecule has 2 aromatic carbocycles. The number of rotatable bonds is 10. The topological polar surface area (TPSA) is 187 Å². The molecule has 0 saturated carbocycles. The molecule has 4 saturated heterocycles. The Morgan fingerprint density at radius 2 is 1.08 bits per heavy atom. The maximum atomic E-state index is 13.6. The Morgan fingerprint density at radius 1 is 0.625 bits per heavy atom. The van der Waals surface area contributed by atoms with Gasteiger partial charge in [0, 0.05) is 76.9 Å². The molecular weight excluding hydrogens is 1000 g/mol. The van der Waals surface area contributed by atoms with Gasteiger partial charge in [0.2, 0.25) is 5.91 Å². The van der Waals surface area contributed by atoms with Crippen LogP contribution in [0, 0.1) is 11.8 Å². The second-order valence-electron chi connectivity index (χ2n) is 19.5. The second kappa shape index (κ2) is 24.5. The van der Waals surface area contributed by atoms with Crippen molar-refractivity contribution in [3.63, 3.8) is 0 Å². The molecule has 4 atom stereocenters. The third kappa shape index (κ3) is 13.0. The minimum Gasteiger partial charge on any atom is -0.466 e. The molecule has 4 aromatic rings. The van der Waals surface area contributed by atoms with Crippen molar-refractivity contribution in [3.05, 3.63) is 103 Å². The summed E-state index contributed by atoms with van der Waals surface area (Å²) >= 11 is 23.5. The number of nitrogens with one attached hydrogen (secondary N) is 1. The number of aryl methyl sites for hydroxylation is 1. The summed E-state index contributed by atoms with van der Waals surface area (Å²) in [7, 11) is 0. The van der Waals surface area contributed by atoms with Gasteiger partial charge < -0.3 is 35.2 Å². The van der Waals surface area contributed by atoms with E-state index in [4.69, 9.17) is 61.6 Å². The zero-order valence-electron chi connectivity index (χ0n) is 41.0. The molecule has 3 amide bonds. The van der Waals surface area contributed by atoms with Crippen molar-refractivity contribution in [3.8, 4) is 0 Å². The molecule has 6 aliphatic heterocycles. The molecule has 72 heavy (non-hydrogen) atoms. The number of nitrogens with two attached hydrogens (primary N) is 1. The standard InChI is InChI=1S/C27H32Cl2N4O4.C18H26N4O3.C7H7Cl2N/c1-2-37-27(36)18-12-21-4-3-5-22(13-18)33(21)26(35)24-15-23-16-31(8-9-32(23)30-24)25(34)7-6-17-10-19(28)14-20(29)11-17;1-2-25-18(24)12-8-13-4-3-5-14(9-12)22(13)17(23)16-10-15-11-19-6-7-21(15)20-16;8-6-1-5(4-10)2-7(9)3-6/h10-11,14-15,18,21-22H,2-9,12-13,16H2,1H3;10,12-14,19H,2-9,11H2,1H3;1-3H,4,10H2. The Balaban J connectivity index is 0.000000169. The van der Waals surface area contributed by atoms with Crippen LogP contribution in [-0.4, -0.2) is 114 Å². The fraction of sp³-hybridized carbons (Fsp3) is 0.558. The Kier molecular flexibility index (Phi) is 18.3. The van der Waals surface area contributed by atoms with E-state index >= 15 is 0 Å². The molecule has 20 heteroatoms. The van der Waals surface area contributed by atoms with Crippen molar-refractivity contribution in [1.29, 1.82) is 0 Å². The highest BCUT2D eigenvalue weighted by Gasteiger charge is 2.46. The number of carbonyl (C=O) groups excluding carboxylic acids is 5. The van der Waals surface area contributed by atoms with Gasteiger partial charge in [-0.05, 0) is 144 Å². The number of fused-ring (bicyclic) bond motifs is 6. The summed E-state index contributed by atoms with van der Waals surface area (Å²) in [5.74, 6) is -0.460. The van der Waals surface area contributed by atoms with Gasteiger partial charge in [-0.2, -0.15) is 10.2 Å². The van der Waals surface area contributed by atoms with Crippen molar-refractivity contribution >= 4 is 76.1 Å². The van der Waals surface area contributed by atoms with Crippen LogP contribution in [0.5, 0.6) is 0 Å². The van der Waals surface area contributed by atoms with Crippen LogP contribution in [0.1, 0.15) is 128 Å². The summed E-state index contributed by atoms with van der Waals surface area (Å²) in [6.45, 7) is 8.91. The Bertz CT molecular complexity index is 2520. The number of nitrogens with zero attached hydrogens (tertiary/aromatic N) is 7. The average molecular weight is 1070 g/mol. The predicted octanol–water partition coefficient (Wildman–Crippen LogP) is 8.28. The van der Waals surface area contributed by atoms with Gasteiger partial charge in [0.25, 0.3) is 11.8 Å². The van der Waals surface area contributed by atoms with E-state index in [-0.39, 0.29) is 65.7 Å². The quantitative estimate of drug-likeness (QED) is 0.146. The zero-order valence-corrected chi connectivity index (χ0v) is 44.0. The van der Waals surface area contributed by atoms with Crippen molar-refractivity contribution < 1.29 is 33.4 Å². The van der Waals surface area contributed by atoms with E-state index in [0.717, 1.165) is 93.5 Å². The van der Waals surface area contributed by atoms with E-state index in [2.05, 4.69) is 15.5 Å². The lowest BCUT2D eigenvalue weighted by atomic mass is 9.78. The fourth-order valence-electron chi connectivity index (χ4n) is 11.4. The molecule has 2 aromatic heterocycles. The normalized spacial score (nSPS) is 23.0. The number of hydrogen-bond donors (Lipinski definition) is 2. The first-order chi connectivity index (χ1) is 34.7. The first kappa shape index (κ1) is 53.6. The summed E-state index contributed by atoms with van der Waals surface area (Å²) in [6, 6.07) is 14.7. The van der Waals surface area contributed by atoms with E-state index in [9.17, 15) is 24.0 Å². The van der Waals surface area contributed by atoms with E-state index in [1.165, 1.54) is 0 Å². The molecule has 388 valence electrons. The largest absolute Gasteiger partial charge is 0.466 e. The van der Waals surface area contributed by atoms with E-state index < -0.39 is 0 Å². The first-order valence-corrected chi connectivity index (χ1v) is 26.9. The summed E-state index contributed by atoms with van der Waals surface area (Å²) in [5, 5.41) is 14.8. The lowest BCUT2D eigenvalue weighted by Gasteiger charge is -2.48. The number of aromatic nitrogens is 4. The van der Waals surface area contributed by atoms with E-state index in [0.29, 0.717) is 96.6 Å². The maximum absolute atomic E-state index is 13.6. The van der Waals surface area contributed by atoms with Crippen LogP contribution in [0.2, 0.25) is 20.1 Å². The molecule has 6 aliphatic rings. The van der Waals surface area contributed by atoms with E-state index in [1.54, 1.807) is 24.3 Å². The highest BCUT2D eigenvalue weighted by atomic mass is 35.5. The van der Waals surface area contributed by atoms with Gasteiger partial charge in [-0.15, -0.1) is 0 Å². The van der Waals surface area contributed by atoms with Crippen molar-refractivity contribution in [1.82, 2.24) is 39.6 Å². The average Bonchev–Trinajstić information content (AvgIpc) is 3.99. The van der Waals surface area contributed by atoms with Crippen LogP contribution >= 0.6 is 46.4 Å². The van der Waals surface area contributed by atoms with Gasteiger partial charge in [-0.25, -0.2) is 0 Å². The highest BCUT2D eigenvalue weighted by Crippen LogP contribution is 2.40. The molecule has 4 fully saturated rings. The fourth-order valence-corrected chi connectivity index (χ4v) is 12.5. The number of esters is 2. The van der Waals surface area contributed by atoms with Crippen LogP contribution in [0.15, 0.2) is 48.5 Å². The third-order valence-electron chi connectivity index (χ3n) is 14.6. The van der Waals surface area contributed by atoms with Crippen LogP contribution in [-0.2, 0) is 63.0 Å².